The Labute approximate surface area is 75.1 Å². The largest absolute Gasteiger partial charge is 0.466 e. The summed E-state index contributed by atoms with van der Waals surface area (Å²) < 4.78 is 4.87. The zero-order chi connectivity index (χ0) is 9.84. The molecule has 13 heavy (non-hydrogen) atoms. The van der Waals surface area contributed by atoms with E-state index in [9.17, 15) is 15.2 Å². The second-order valence-corrected chi connectivity index (χ2v) is 2.72. The minimum absolute atomic E-state index is 0.239. The molecular weight excluding hydrogens is 174 g/mol. The van der Waals surface area contributed by atoms with Crippen LogP contribution in [-0.4, -0.2) is 16.1 Å². The molecular formula is C8H11NO4. The Morgan fingerprint density at radius 1 is 1.77 bits per heavy atom. The van der Waals surface area contributed by atoms with Gasteiger partial charge in [-0.05, 0) is 12.1 Å². The second kappa shape index (κ2) is 4.04. The fourth-order valence-corrected chi connectivity index (χ4v) is 1.14. The standard InChI is InChI=1S/C8H11NO4/c1-2-6(9(11)12)8(10)7-4-3-5-13-7/h3-6,8,10H,2H2,1H3/t6-,8+/m1/s1. The van der Waals surface area contributed by atoms with E-state index < -0.39 is 17.1 Å². The smallest absolute Gasteiger partial charge is 0.245 e. The number of hydrogen-bond acceptors (Lipinski definition) is 4. The average molecular weight is 185 g/mol. The highest BCUT2D eigenvalue weighted by Crippen LogP contribution is 2.20. The summed E-state index contributed by atoms with van der Waals surface area (Å²) in [6, 6.07) is 2.12. The summed E-state index contributed by atoms with van der Waals surface area (Å²) in [4.78, 5) is 9.98. The molecule has 1 heterocycles. The quantitative estimate of drug-likeness (QED) is 0.567. The number of hydrogen-bond donors (Lipinski definition) is 1. The SMILES string of the molecule is CC[C@H]([C@H](O)c1ccco1)[N+](=O)[O-]. The lowest BCUT2D eigenvalue weighted by atomic mass is 10.1. The van der Waals surface area contributed by atoms with Gasteiger partial charge < -0.3 is 9.52 Å². The van der Waals surface area contributed by atoms with Crippen molar-refractivity contribution >= 4 is 0 Å². The molecule has 1 rings (SSSR count). The number of nitrogens with zero attached hydrogens (tertiary/aromatic N) is 1. The maximum absolute atomic E-state index is 10.5. The molecule has 0 aromatic carbocycles. The van der Waals surface area contributed by atoms with Gasteiger partial charge in [-0.15, -0.1) is 0 Å². The minimum atomic E-state index is -1.16. The van der Waals surface area contributed by atoms with Gasteiger partial charge in [-0.25, -0.2) is 0 Å². The predicted molar refractivity (Wildman–Crippen MR) is 44.7 cm³/mol. The highest BCUT2D eigenvalue weighted by Gasteiger charge is 2.30. The third-order valence-corrected chi connectivity index (χ3v) is 1.89. The first kappa shape index (κ1) is 9.73. The number of furan rings is 1. The normalized spacial score (nSPS) is 15.2. The number of nitro groups is 1. The van der Waals surface area contributed by atoms with Crippen LogP contribution in [0.1, 0.15) is 25.2 Å². The van der Waals surface area contributed by atoms with Crippen LogP contribution in [0, 0.1) is 10.1 Å². The summed E-state index contributed by atoms with van der Waals surface area (Å²) in [5.74, 6) is 0.239. The van der Waals surface area contributed by atoms with E-state index in [0.717, 1.165) is 0 Å². The van der Waals surface area contributed by atoms with E-state index in [1.165, 1.54) is 12.3 Å². The van der Waals surface area contributed by atoms with Crippen molar-refractivity contribution < 1.29 is 14.4 Å². The van der Waals surface area contributed by atoms with E-state index in [1.54, 1.807) is 13.0 Å². The van der Waals surface area contributed by atoms with Gasteiger partial charge in [0.25, 0.3) is 0 Å². The van der Waals surface area contributed by atoms with E-state index in [1.807, 2.05) is 0 Å². The predicted octanol–water partition coefficient (Wildman–Crippen LogP) is 1.37. The van der Waals surface area contributed by atoms with E-state index in [2.05, 4.69) is 0 Å². The summed E-state index contributed by atoms with van der Waals surface area (Å²) in [5, 5.41) is 20.0. The second-order valence-electron chi connectivity index (χ2n) is 2.72. The summed E-state index contributed by atoms with van der Waals surface area (Å²) in [6.45, 7) is 1.65. The highest BCUT2D eigenvalue weighted by atomic mass is 16.6. The first-order valence-electron chi connectivity index (χ1n) is 4.01. The first-order chi connectivity index (χ1) is 6.16. The molecule has 0 amide bonds. The molecule has 0 fully saturated rings. The monoisotopic (exact) mass is 185 g/mol. The van der Waals surface area contributed by atoms with Crippen molar-refractivity contribution in [3.05, 3.63) is 34.3 Å². The van der Waals surface area contributed by atoms with Crippen LogP contribution in [0.15, 0.2) is 22.8 Å². The molecule has 2 atom stereocenters. The third-order valence-electron chi connectivity index (χ3n) is 1.89. The van der Waals surface area contributed by atoms with E-state index >= 15 is 0 Å². The molecule has 0 bridgehead atoms. The van der Waals surface area contributed by atoms with Gasteiger partial charge in [0, 0.05) is 11.3 Å². The summed E-state index contributed by atoms with van der Waals surface area (Å²) in [6.07, 6.45) is 0.495. The van der Waals surface area contributed by atoms with Gasteiger partial charge in [0.05, 0.1) is 6.26 Å². The van der Waals surface area contributed by atoms with Crippen molar-refractivity contribution in [2.75, 3.05) is 0 Å². The molecule has 0 saturated carbocycles. The Hall–Kier alpha value is -1.36. The molecule has 5 heteroatoms. The van der Waals surface area contributed by atoms with Crippen LogP contribution < -0.4 is 0 Å². The molecule has 0 aliphatic carbocycles. The van der Waals surface area contributed by atoms with Gasteiger partial charge in [0.15, 0.2) is 6.10 Å². The zero-order valence-electron chi connectivity index (χ0n) is 7.21. The first-order valence-corrected chi connectivity index (χ1v) is 4.01. The Bertz CT molecular complexity index is 270. The molecule has 0 aliphatic heterocycles. The van der Waals surface area contributed by atoms with Crippen LogP contribution in [0.3, 0.4) is 0 Å². The number of aliphatic hydroxyl groups is 1. The minimum Gasteiger partial charge on any atom is -0.466 e. The Morgan fingerprint density at radius 2 is 2.46 bits per heavy atom. The third kappa shape index (κ3) is 2.06. The molecule has 5 nitrogen and oxygen atoms in total. The fraction of sp³-hybridized carbons (Fsp3) is 0.500. The van der Waals surface area contributed by atoms with Gasteiger partial charge in [0.1, 0.15) is 5.76 Å². The lowest BCUT2D eigenvalue weighted by Gasteiger charge is -2.11. The van der Waals surface area contributed by atoms with Gasteiger partial charge in [-0.1, -0.05) is 6.92 Å². The topological polar surface area (TPSA) is 76.5 Å². The van der Waals surface area contributed by atoms with Gasteiger partial charge in [-0.3, -0.25) is 10.1 Å². The van der Waals surface area contributed by atoms with Gasteiger partial charge >= 0.3 is 0 Å². The molecule has 0 saturated heterocycles. The average Bonchev–Trinajstić information content (AvgIpc) is 2.56. The van der Waals surface area contributed by atoms with Gasteiger partial charge in [-0.2, -0.15) is 0 Å². The van der Waals surface area contributed by atoms with Crippen LogP contribution in [0.2, 0.25) is 0 Å². The fourth-order valence-electron chi connectivity index (χ4n) is 1.14. The van der Waals surface area contributed by atoms with Gasteiger partial charge in [0.2, 0.25) is 6.04 Å². The Balaban J connectivity index is 2.76. The molecule has 0 aliphatic rings. The van der Waals surface area contributed by atoms with Crippen molar-refractivity contribution in [3.63, 3.8) is 0 Å². The molecule has 1 N–H and O–H groups in total. The van der Waals surface area contributed by atoms with Crippen LogP contribution >= 0.6 is 0 Å². The maximum atomic E-state index is 10.5. The summed E-state index contributed by atoms with van der Waals surface area (Å²) >= 11 is 0. The van der Waals surface area contributed by atoms with Crippen LogP contribution in [-0.2, 0) is 0 Å². The van der Waals surface area contributed by atoms with E-state index in [0.29, 0.717) is 0 Å². The lowest BCUT2D eigenvalue weighted by molar-refractivity contribution is -0.536. The van der Waals surface area contributed by atoms with Crippen molar-refractivity contribution in [3.8, 4) is 0 Å². The van der Waals surface area contributed by atoms with Crippen molar-refractivity contribution in [2.45, 2.75) is 25.5 Å². The molecule has 0 radical (unpaired) electrons. The van der Waals surface area contributed by atoms with Crippen molar-refractivity contribution in [1.82, 2.24) is 0 Å². The summed E-state index contributed by atoms with van der Waals surface area (Å²) in [5.41, 5.74) is 0. The molecule has 1 aromatic heterocycles. The van der Waals surface area contributed by atoms with E-state index in [4.69, 9.17) is 4.42 Å². The number of rotatable bonds is 4. The lowest BCUT2D eigenvalue weighted by Crippen LogP contribution is -2.26. The van der Waals surface area contributed by atoms with Crippen LogP contribution in [0.25, 0.3) is 0 Å². The molecule has 0 spiro atoms. The molecule has 72 valence electrons. The molecule has 1 aromatic rings. The highest BCUT2D eigenvalue weighted by molar-refractivity contribution is 5.03. The zero-order valence-corrected chi connectivity index (χ0v) is 7.21. The van der Waals surface area contributed by atoms with Crippen LogP contribution in [0.4, 0.5) is 0 Å². The van der Waals surface area contributed by atoms with Crippen molar-refractivity contribution in [1.29, 1.82) is 0 Å². The van der Waals surface area contributed by atoms with Crippen LogP contribution in [0.5, 0.6) is 0 Å². The maximum Gasteiger partial charge on any atom is 0.245 e. The van der Waals surface area contributed by atoms with E-state index in [-0.39, 0.29) is 12.2 Å². The molecule has 0 unspecified atom stereocenters. The summed E-state index contributed by atoms with van der Waals surface area (Å²) in [7, 11) is 0. The Morgan fingerprint density at radius 3 is 2.85 bits per heavy atom. The Kier molecular flexibility index (Phi) is 3.02. The van der Waals surface area contributed by atoms with Crippen molar-refractivity contribution in [2.24, 2.45) is 0 Å². The number of aliphatic hydroxyl groups excluding tert-OH is 1.